The molecule has 0 saturated heterocycles. The first kappa shape index (κ1) is 19.0. The van der Waals surface area contributed by atoms with Gasteiger partial charge in [0, 0.05) is 12.2 Å². The summed E-state index contributed by atoms with van der Waals surface area (Å²) in [7, 11) is 0. The van der Waals surface area contributed by atoms with E-state index < -0.39 is 0 Å². The highest BCUT2D eigenvalue weighted by atomic mass is 16.3. The smallest absolute Gasteiger partial charge is 0.291 e. The van der Waals surface area contributed by atoms with Crippen molar-refractivity contribution in [2.45, 2.75) is 45.7 Å². The Kier molecular flexibility index (Phi) is 5.46. The number of hydrogen-bond donors (Lipinski definition) is 2. The van der Waals surface area contributed by atoms with Crippen molar-refractivity contribution in [1.29, 1.82) is 0 Å². The minimum atomic E-state index is -0.303. The second-order valence-electron chi connectivity index (χ2n) is 7.11. The summed E-state index contributed by atoms with van der Waals surface area (Å²) in [5.41, 5.74) is 3.06. The number of carbonyl (C=O) groups is 2. The lowest BCUT2D eigenvalue weighted by Gasteiger charge is -2.17. The van der Waals surface area contributed by atoms with Gasteiger partial charge in [-0.2, -0.15) is 0 Å². The molecule has 3 aromatic rings. The Morgan fingerprint density at radius 1 is 1.14 bits per heavy atom. The molecule has 0 fully saturated rings. The van der Waals surface area contributed by atoms with Crippen molar-refractivity contribution in [3.05, 3.63) is 71.2 Å². The molecule has 0 saturated carbocycles. The van der Waals surface area contributed by atoms with Gasteiger partial charge in [0.1, 0.15) is 11.5 Å². The van der Waals surface area contributed by atoms with Gasteiger partial charge in [0.2, 0.25) is 0 Å². The predicted molar refractivity (Wildman–Crippen MR) is 109 cm³/mol. The molecule has 2 N–H and O–H groups in total. The Balaban J connectivity index is 1.54. The van der Waals surface area contributed by atoms with Crippen LogP contribution >= 0.6 is 0 Å². The van der Waals surface area contributed by atoms with Crippen LogP contribution in [0, 0.1) is 0 Å². The predicted octanol–water partition coefficient (Wildman–Crippen LogP) is 3.56. The molecule has 0 spiro atoms. The molecular weight excluding hydrogens is 368 g/mol. The van der Waals surface area contributed by atoms with Crippen LogP contribution in [0.4, 0.5) is 5.69 Å². The highest BCUT2D eigenvalue weighted by Crippen LogP contribution is 2.22. The Bertz CT molecular complexity index is 1000. The first-order valence-corrected chi connectivity index (χ1v) is 9.96. The van der Waals surface area contributed by atoms with Crippen LogP contribution in [-0.4, -0.2) is 21.4 Å². The van der Waals surface area contributed by atoms with Gasteiger partial charge >= 0.3 is 0 Å². The van der Waals surface area contributed by atoms with Crippen molar-refractivity contribution in [3.63, 3.8) is 0 Å². The molecule has 0 unspecified atom stereocenters. The molecule has 0 aliphatic carbocycles. The molecule has 2 amide bonds. The van der Waals surface area contributed by atoms with E-state index in [2.05, 4.69) is 22.5 Å². The normalized spacial score (nSPS) is 13.0. The summed E-state index contributed by atoms with van der Waals surface area (Å²) in [6, 6.07) is 11.3. The monoisotopic (exact) mass is 392 g/mol. The molecule has 2 aromatic heterocycles. The molecule has 1 aliphatic rings. The van der Waals surface area contributed by atoms with Crippen LogP contribution in [0.5, 0.6) is 0 Å². The molecule has 3 heterocycles. The van der Waals surface area contributed by atoms with Crippen molar-refractivity contribution < 1.29 is 14.0 Å². The first-order valence-electron chi connectivity index (χ1n) is 9.96. The van der Waals surface area contributed by atoms with E-state index in [-0.39, 0.29) is 24.2 Å². The number of aromatic nitrogens is 2. The fraction of sp³-hybridized carbons (Fsp3) is 0.318. The van der Waals surface area contributed by atoms with E-state index in [0.29, 0.717) is 23.7 Å². The summed E-state index contributed by atoms with van der Waals surface area (Å²) >= 11 is 0. The van der Waals surface area contributed by atoms with Gasteiger partial charge in [-0.05, 0) is 55.5 Å². The number of fused-ring (bicyclic) bond motifs is 1. The second kappa shape index (κ2) is 8.34. The van der Waals surface area contributed by atoms with Crippen LogP contribution in [-0.2, 0) is 25.9 Å². The fourth-order valence-corrected chi connectivity index (χ4v) is 3.57. The van der Waals surface area contributed by atoms with E-state index in [0.717, 1.165) is 31.4 Å². The molecule has 1 aromatic carbocycles. The highest BCUT2D eigenvalue weighted by molar-refractivity contribution is 6.03. The molecule has 0 radical (unpaired) electrons. The maximum absolute atomic E-state index is 12.9. The molecule has 1 aliphatic heterocycles. The summed E-state index contributed by atoms with van der Waals surface area (Å²) in [6.45, 7) is 3.05. The SMILES string of the molecule is CCc1ccc(NC(=O)c2nc(C(=O)NCc3ccco3)c3n2CCCC3)cc1. The number of anilines is 1. The van der Waals surface area contributed by atoms with Crippen LogP contribution in [0.1, 0.15) is 57.9 Å². The summed E-state index contributed by atoms with van der Waals surface area (Å²) in [4.78, 5) is 30.0. The molecule has 29 heavy (non-hydrogen) atoms. The summed E-state index contributed by atoms with van der Waals surface area (Å²) in [5, 5.41) is 5.72. The van der Waals surface area contributed by atoms with Crippen LogP contribution in [0.15, 0.2) is 47.1 Å². The number of benzene rings is 1. The Morgan fingerprint density at radius 3 is 2.69 bits per heavy atom. The average molecular weight is 392 g/mol. The summed E-state index contributed by atoms with van der Waals surface area (Å²) in [5.74, 6) is 0.350. The number of amides is 2. The quantitative estimate of drug-likeness (QED) is 0.671. The van der Waals surface area contributed by atoms with Crippen molar-refractivity contribution >= 4 is 17.5 Å². The molecule has 7 heteroatoms. The molecule has 150 valence electrons. The highest BCUT2D eigenvalue weighted by Gasteiger charge is 2.27. The summed E-state index contributed by atoms with van der Waals surface area (Å²) in [6.07, 6.45) is 5.18. The van der Waals surface area contributed by atoms with Crippen molar-refractivity contribution in [2.75, 3.05) is 5.32 Å². The van der Waals surface area contributed by atoms with Gasteiger partial charge in [-0.15, -0.1) is 0 Å². The van der Waals surface area contributed by atoms with E-state index in [1.165, 1.54) is 5.56 Å². The average Bonchev–Trinajstić information content (AvgIpc) is 3.40. The minimum absolute atomic E-state index is 0.280. The summed E-state index contributed by atoms with van der Waals surface area (Å²) < 4.78 is 7.13. The van der Waals surface area contributed by atoms with Gasteiger partial charge in [0.25, 0.3) is 11.8 Å². The van der Waals surface area contributed by atoms with E-state index >= 15 is 0 Å². The van der Waals surface area contributed by atoms with Gasteiger partial charge in [0.15, 0.2) is 5.82 Å². The second-order valence-corrected chi connectivity index (χ2v) is 7.11. The third-order valence-corrected chi connectivity index (χ3v) is 5.16. The zero-order valence-electron chi connectivity index (χ0n) is 16.4. The molecule has 0 atom stereocenters. The van der Waals surface area contributed by atoms with Crippen LogP contribution in [0.25, 0.3) is 0 Å². The minimum Gasteiger partial charge on any atom is -0.467 e. The number of aryl methyl sites for hydroxylation is 1. The maximum atomic E-state index is 12.9. The van der Waals surface area contributed by atoms with E-state index in [1.807, 2.05) is 28.8 Å². The van der Waals surface area contributed by atoms with Crippen molar-refractivity contribution in [1.82, 2.24) is 14.9 Å². The largest absolute Gasteiger partial charge is 0.467 e. The number of carbonyl (C=O) groups excluding carboxylic acids is 2. The van der Waals surface area contributed by atoms with Crippen LogP contribution < -0.4 is 10.6 Å². The van der Waals surface area contributed by atoms with Crippen LogP contribution in [0.2, 0.25) is 0 Å². The fourth-order valence-electron chi connectivity index (χ4n) is 3.57. The number of nitrogens with zero attached hydrogens (tertiary/aromatic N) is 2. The van der Waals surface area contributed by atoms with Gasteiger partial charge in [-0.25, -0.2) is 4.98 Å². The van der Waals surface area contributed by atoms with E-state index in [4.69, 9.17) is 4.42 Å². The van der Waals surface area contributed by atoms with Gasteiger partial charge in [-0.3, -0.25) is 9.59 Å². The van der Waals surface area contributed by atoms with E-state index in [1.54, 1.807) is 18.4 Å². The maximum Gasteiger partial charge on any atom is 0.291 e. The Labute approximate surface area is 169 Å². The number of hydrogen-bond acceptors (Lipinski definition) is 4. The van der Waals surface area contributed by atoms with Gasteiger partial charge < -0.3 is 19.6 Å². The molecule has 4 rings (SSSR count). The Morgan fingerprint density at radius 2 is 1.97 bits per heavy atom. The van der Waals surface area contributed by atoms with E-state index in [9.17, 15) is 9.59 Å². The third-order valence-electron chi connectivity index (χ3n) is 5.16. The Hall–Kier alpha value is -3.35. The number of imidazole rings is 1. The van der Waals surface area contributed by atoms with Gasteiger partial charge in [0.05, 0.1) is 18.5 Å². The zero-order chi connectivity index (χ0) is 20.2. The lowest BCUT2D eigenvalue weighted by Crippen LogP contribution is -2.25. The van der Waals surface area contributed by atoms with Gasteiger partial charge in [-0.1, -0.05) is 19.1 Å². The standard InChI is InChI=1S/C22H24N4O3/c1-2-15-8-10-16(11-9-15)24-22(28)20-25-19(18-7-3-4-12-26(18)20)21(27)23-14-17-6-5-13-29-17/h5-6,8-11,13H,2-4,7,12,14H2,1H3,(H,23,27)(H,24,28). The topological polar surface area (TPSA) is 89.2 Å². The molecular formula is C22H24N4O3. The van der Waals surface area contributed by atoms with Crippen molar-refractivity contribution in [2.24, 2.45) is 0 Å². The number of rotatable bonds is 6. The van der Waals surface area contributed by atoms with Crippen molar-refractivity contribution in [3.8, 4) is 0 Å². The molecule has 0 bridgehead atoms. The zero-order valence-corrected chi connectivity index (χ0v) is 16.4. The molecule has 7 nitrogen and oxygen atoms in total. The number of nitrogens with one attached hydrogen (secondary N) is 2. The third kappa shape index (κ3) is 4.08. The lowest BCUT2D eigenvalue weighted by molar-refractivity contribution is 0.0942. The lowest BCUT2D eigenvalue weighted by atomic mass is 10.1. The number of furan rings is 1. The first-order chi connectivity index (χ1) is 14.2. The van der Waals surface area contributed by atoms with Crippen LogP contribution in [0.3, 0.4) is 0 Å².